The van der Waals surface area contributed by atoms with E-state index in [1.54, 1.807) is 24.3 Å². The summed E-state index contributed by atoms with van der Waals surface area (Å²) in [5.41, 5.74) is 0.0718. The Morgan fingerprint density at radius 3 is 2.07 bits per heavy atom. The summed E-state index contributed by atoms with van der Waals surface area (Å²) < 4.78 is 38.6. The van der Waals surface area contributed by atoms with Crippen LogP contribution in [-0.4, -0.2) is 15.0 Å². The first kappa shape index (κ1) is 21.1. The highest BCUT2D eigenvalue weighted by Crippen LogP contribution is 2.40. The zero-order chi connectivity index (χ0) is 21.1. The van der Waals surface area contributed by atoms with Gasteiger partial charge in [0.05, 0.1) is 26.1 Å². The molecule has 0 bridgehead atoms. The van der Waals surface area contributed by atoms with Gasteiger partial charge in [-0.25, -0.2) is 0 Å². The Morgan fingerprint density at radius 2 is 1.61 bits per heavy atom. The van der Waals surface area contributed by atoms with Gasteiger partial charge in [0.15, 0.2) is 5.11 Å². The number of hydrogen-bond donors (Lipinski definition) is 3. The standard InChI is InChI=1S/C14H9ClF3N5O4S/c15-8-3-1-2-4-9(8)19-13(28)21-20-12-10(22(24)25)5-7(14(16,17)18)6-11(12)23(26)27/h1-6,20H,(H2,19,21,28). The smallest absolute Gasteiger partial charge is 0.330 e. The Morgan fingerprint density at radius 1 is 1.07 bits per heavy atom. The van der Waals surface area contributed by atoms with Gasteiger partial charge in [0, 0.05) is 12.1 Å². The van der Waals surface area contributed by atoms with Crippen LogP contribution in [0.4, 0.5) is 35.9 Å². The summed E-state index contributed by atoms with van der Waals surface area (Å²) in [4.78, 5) is 19.9. The quantitative estimate of drug-likeness (QED) is 0.356. The van der Waals surface area contributed by atoms with E-state index in [1.807, 2.05) is 0 Å². The molecule has 0 saturated heterocycles. The van der Waals surface area contributed by atoms with Crippen LogP contribution in [0.5, 0.6) is 0 Å². The molecule has 0 atom stereocenters. The highest BCUT2D eigenvalue weighted by molar-refractivity contribution is 7.80. The van der Waals surface area contributed by atoms with Gasteiger partial charge in [-0.3, -0.25) is 31.1 Å². The SMILES string of the molecule is O=[N+]([O-])c1cc(C(F)(F)F)cc([N+](=O)[O-])c1NNC(=S)Nc1ccccc1Cl. The Hall–Kier alpha value is -3.19. The number of nitrogens with one attached hydrogen (secondary N) is 3. The molecular weight excluding hydrogens is 427 g/mol. The van der Waals surface area contributed by atoms with Gasteiger partial charge >= 0.3 is 17.6 Å². The number of hydrazine groups is 1. The molecule has 0 aliphatic carbocycles. The fourth-order valence-electron chi connectivity index (χ4n) is 2.03. The third-order valence-electron chi connectivity index (χ3n) is 3.24. The Labute approximate surface area is 164 Å². The molecule has 0 radical (unpaired) electrons. The topological polar surface area (TPSA) is 122 Å². The van der Waals surface area contributed by atoms with Crippen LogP contribution in [0.15, 0.2) is 36.4 Å². The van der Waals surface area contributed by atoms with E-state index in [-0.39, 0.29) is 22.3 Å². The van der Waals surface area contributed by atoms with Gasteiger partial charge in [0.2, 0.25) is 5.69 Å². The van der Waals surface area contributed by atoms with Crippen molar-refractivity contribution < 1.29 is 23.0 Å². The molecule has 0 unspecified atom stereocenters. The molecule has 0 fully saturated rings. The normalized spacial score (nSPS) is 10.9. The van der Waals surface area contributed by atoms with Crippen LogP contribution < -0.4 is 16.2 Å². The minimum absolute atomic E-state index is 0.182. The van der Waals surface area contributed by atoms with Gasteiger partial charge in [-0.05, 0) is 24.4 Å². The molecule has 2 aromatic rings. The molecule has 14 heteroatoms. The van der Waals surface area contributed by atoms with E-state index < -0.39 is 38.6 Å². The molecule has 28 heavy (non-hydrogen) atoms. The molecule has 3 N–H and O–H groups in total. The van der Waals surface area contributed by atoms with Gasteiger partial charge in [-0.1, -0.05) is 23.7 Å². The monoisotopic (exact) mass is 435 g/mol. The predicted octanol–water partition coefficient (Wildman–Crippen LogP) is 4.49. The molecule has 0 heterocycles. The molecule has 0 aliphatic rings. The lowest BCUT2D eigenvalue weighted by Gasteiger charge is -2.14. The zero-order valence-corrected chi connectivity index (χ0v) is 15.0. The number of nitro groups is 2. The Balaban J connectivity index is 2.33. The number of para-hydroxylation sites is 1. The summed E-state index contributed by atoms with van der Waals surface area (Å²) in [6.45, 7) is 0. The second kappa shape index (κ2) is 8.22. The second-order valence-corrected chi connectivity index (χ2v) is 5.90. The number of thiocarbonyl (C=S) groups is 1. The van der Waals surface area contributed by atoms with Crippen molar-refractivity contribution >= 4 is 51.7 Å². The number of nitrogens with zero attached hydrogens (tertiary/aromatic N) is 2. The van der Waals surface area contributed by atoms with Crippen LogP contribution in [-0.2, 0) is 6.18 Å². The maximum Gasteiger partial charge on any atom is 0.416 e. The molecule has 2 rings (SSSR count). The van der Waals surface area contributed by atoms with Crippen LogP contribution in [0.1, 0.15) is 5.56 Å². The van der Waals surface area contributed by atoms with Crippen LogP contribution in [0.25, 0.3) is 0 Å². The molecule has 0 aliphatic heterocycles. The van der Waals surface area contributed by atoms with Gasteiger partial charge in [-0.15, -0.1) is 0 Å². The van der Waals surface area contributed by atoms with Crippen molar-refractivity contribution in [2.75, 3.05) is 10.7 Å². The van der Waals surface area contributed by atoms with E-state index in [1.165, 1.54) is 0 Å². The molecule has 2 aromatic carbocycles. The third kappa shape index (κ3) is 4.95. The molecule has 148 valence electrons. The van der Waals surface area contributed by atoms with Crippen LogP contribution in [0.3, 0.4) is 0 Å². The summed E-state index contributed by atoms with van der Waals surface area (Å²) in [6.07, 6.45) is -5.01. The fraction of sp³-hybridized carbons (Fsp3) is 0.0714. The van der Waals surface area contributed by atoms with Crippen molar-refractivity contribution in [1.82, 2.24) is 5.43 Å². The second-order valence-electron chi connectivity index (χ2n) is 5.09. The molecular formula is C14H9ClF3N5O4S. The molecule has 0 spiro atoms. The van der Waals surface area contributed by atoms with E-state index >= 15 is 0 Å². The lowest BCUT2D eigenvalue weighted by Crippen LogP contribution is -2.34. The summed E-state index contributed by atoms with van der Waals surface area (Å²) in [6, 6.07) is 6.75. The predicted molar refractivity (Wildman–Crippen MR) is 99.2 cm³/mol. The minimum Gasteiger partial charge on any atom is -0.330 e. The third-order valence-corrected chi connectivity index (χ3v) is 3.77. The van der Waals surface area contributed by atoms with Gasteiger partial charge in [0.1, 0.15) is 0 Å². The van der Waals surface area contributed by atoms with Crippen molar-refractivity contribution in [1.29, 1.82) is 0 Å². The minimum atomic E-state index is -5.01. The van der Waals surface area contributed by atoms with Gasteiger partial charge in [0.25, 0.3) is 0 Å². The average Bonchev–Trinajstić information content (AvgIpc) is 2.60. The van der Waals surface area contributed by atoms with E-state index in [4.69, 9.17) is 23.8 Å². The lowest BCUT2D eigenvalue weighted by atomic mass is 10.1. The van der Waals surface area contributed by atoms with Gasteiger partial charge in [-0.2, -0.15) is 13.2 Å². The zero-order valence-electron chi connectivity index (χ0n) is 13.4. The maximum atomic E-state index is 12.9. The first-order valence-corrected chi connectivity index (χ1v) is 7.91. The van der Waals surface area contributed by atoms with Crippen molar-refractivity contribution in [2.45, 2.75) is 6.18 Å². The Bertz CT molecular complexity index is 922. The van der Waals surface area contributed by atoms with E-state index in [9.17, 15) is 33.4 Å². The van der Waals surface area contributed by atoms with Crippen molar-refractivity contribution in [3.05, 3.63) is 67.2 Å². The number of nitro benzene ring substituents is 2. The summed E-state index contributed by atoms with van der Waals surface area (Å²) >= 11 is 10.9. The highest BCUT2D eigenvalue weighted by Gasteiger charge is 2.37. The molecule has 9 nitrogen and oxygen atoms in total. The number of hydrogen-bond acceptors (Lipinski definition) is 6. The van der Waals surface area contributed by atoms with Crippen LogP contribution >= 0.6 is 23.8 Å². The summed E-state index contributed by atoms with van der Waals surface area (Å²) in [5, 5.41) is 25.0. The lowest BCUT2D eigenvalue weighted by molar-refractivity contribution is -0.392. The Kier molecular flexibility index (Phi) is 6.20. The molecule has 0 amide bonds. The average molecular weight is 436 g/mol. The highest BCUT2D eigenvalue weighted by atomic mass is 35.5. The summed E-state index contributed by atoms with van der Waals surface area (Å²) in [7, 11) is 0. The van der Waals surface area contributed by atoms with Crippen molar-refractivity contribution in [3.8, 4) is 0 Å². The summed E-state index contributed by atoms with van der Waals surface area (Å²) in [5.74, 6) is 0. The van der Waals surface area contributed by atoms with E-state index in [2.05, 4.69) is 16.2 Å². The van der Waals surface area contributed by atoms with Crippen molar-refractivity contribution in [2.24, 2.45) is 0 Å². The fourth-order valence-corrected chi connectivity index (χ4v) is 2.37. The van der Waals surface area contributed by atoms with E-state index in [0.717, 1.165) is 0 Å². The van der Waals surface area contributed by atoms with Crippen molar-refractivity contribution in [3.63, 3.8) is 0 Å². The van der Waals surface area contributed by atoms with Crippen LogP contribution in [0, 0.1) is 20.2 Å². The number of rotatable bonds is 5. The van der Waals surface area contributed by atoms with Gasteiger partial charge < -0.3 is 5.32 Å². The van der Waals surface area contributed by atoms with Crippen LogP contribution in [0.2, 0.25) is 5.02 Å². The van der Waals surface area contributed by atoms with E-state index in [0.29, 0.717) is 5.69 Å². The maximum absolute atomic E-state index is 12.9. The molecule has 0 saturated carbocycles. The largest absolute Gasteiger partial charge is 0.416 e. The number of alkyl halides is 3. The first-order chi connectivity index (χ1) is 13.0. The number of halogens is 4. The number of benzene rings is 2. The first-order valence-electron chi connectivity index (χ1n) is 7.12. The molecule has 0 aromatic heterocycles. The number of anilines is 2.